The van der Waals surface area contributed by atoms with Crippen molar-refractivity contribution in [1.82, 2.24) is 0 Å². The second-order valence-electron chi connectivity index (χ2n) is 18.2. The number of allylic oxidation sites excluding steroid dienone is 5. The Kier molecular flexibility index (Phi) is 36.2. The molecule has 1 heterocycles. The van der Waals surface area contributed by atoms with E-state index in [4.69, 9.17) is 23.3 Å². The number of quaternary nitrogens is 1. The van der Waals surface area contributed by atoms with Gasteiger partial charge in [-0.15, -0.1) is 0 Å². The minimum atomic E-state index is -4.65. The summed E-state index contributed by atoms with van der Waals surface area (Å²) in [4.78, 5) is 37.8. The van der Waals surface area contributed by atoms with Gasteiger partial charge in [0.25, 0.3) is 7.82 Å². The lowest BCUT2D eigenvalue weighted by Gasteiger charge is -2.28. The van der Waals surface area contributed by atoms with Gasteiger partial charge in [-0.3, -0.25) is 14.2 Å². The van der Waals surface area contributed by atoms with Crippen molar-refractivity contribution in [2.75, 3.05) is 47.5 Å². The van der Waals surface area contributed by atoms with Crippen molar-refractivity contribution in [2.45, 2.75) is 225 Å². The molecular formula is C50H92NO9P. The third-order valence-corrected chi connectivity index (χ3v) is 12.1. The molecule has 0 amide bonds. The van der Waals surface area contributed by atoms with E-state index in [9.17, 15) is 19.0 Å². The van der Waals surface area contributed by atoms with E-state index in [2.05, 4.69) is 50.3 Å². The maximum atomic E-state index is 12.8. The molecule has 0 radical (unpaired) electrons. The Morgan fingerprint density at radius 1 is 0.607 bits per heavy atom. The number of likely N-dealkylation sites (N-methyl/N-ethyl adjacent to an activating group) is 1. The average molecular weight is 882 g/mol. The highest BCUT2D eigenvalue weighted by Gasteiger charge is 2.36. The summed E-state index contributed by atoms with van der Waals surface area (Å²) >= 11 is 0. The zero-order valence-corrected chi connectivity index (χ0v) is 40.7. The van der Waals surface area contributed by atoms with Gasteiger partial charge in [0.2, 0.25) is 0 Å². The van der Waals surface area contributed by atoms with Crippen LogP contribution in [0.1, 0.15) is 206 Å². The number of rotatable bonds is 44. The van der Waals surface area contributed by atoms with Crippen LogP contribution in [-0.2, 0) is 37.4 Å². The zero-order chi connectivity index (χ0) is 44.7. The standard InChI is InChI=1S/C50H92NO9P/c1-6-8-10-12-14-16-18-20-21-22-23-24-25-26-28-30-32-34-36-40-49(52)56-44-46(45-58-61(54,55)57-43-42-51(3,4)5)59-50(53)41-37-39-48-47(60-48)38-35-33-31-29-27-19-17-15-13-11-9-7-2/h15,17,27,29,33,35,46-48H,6-14,16,18-26,28,30-32,34,36-45H2,1-5H3/b17-15-,29-27-,35-33-/t46-,47?,48?/m1/s1. The lowest BCUT2D eigenvalue weighted by atomic mass is 10.0. The second kappa shape index (κ2) is 38.6. The SMILES string of the molecule is CCCCC/C=C\C/C=C\C/C=C\CC1OC1CCCC(=O)O[C@H](COC(=O)CCCCCCCCCCCCCCCCCCCCC)COP(=O)([O-])OCC[N+](C)(C)C. The van der Waals surface area contributed by atoms with Crippen LogP contribution in [-0.4, -0.2) is 82.2 Å². The number of carbonyl (C=O) groups is 2. The third kappa shape index (κ3) is 39.5. The van der Waals surface area contributed by atoms with E-state index >= 15 is 0 Å². The van der Waals surface area contributed by atoms with Gasteiger partial charge in [-0.25, -0.2) is 0 Å². The predicted molar refractivity (Wildman–Crippen MR) is 249 cm³/mol. The van der Waals surface area contributed by atoms with Crippen LogP contribution < -0.4 is 4.89 Å². The van der Waals surface area contributed by atoms with E-state index in [1.807, 2.05) is 21.1 Å². The first-order valence-corrected chi connectivity index (χ1v) is 26.3. The molecule has 0 saturated carbocycles. The van der Waals surface area contributed by atoms with Crippen LogP contribution in [0.3, 0.4) is 0 Å². The van der Waals surface area contributed by atoms with Gasteiger partial charge in [-0.1, -0.05) is 179 Å². The topological polar surface area (TPSA) is 124 Å². The number of phosphoric ester groups is 1. The molecule has 0 bridgehead atoms. The van der Waals surface area contributed by atoms with E-state index in [0.717, 1.165) is 51.4 Å². The van der Waals surface area contributed by atoms with E-state index in [0.29, 0.717) is 17.4 Å². The molecule has 0 aliphatic carbocycles. The van der Waals surface area contributed by atoms with Gasteiger partial charge < -0.3 is 32.6 Å². The van der Waals surface area contributed by atoms with Gasteiger partial charge in [-0.2, -0.15) is 0 Å². The van der Waals surface area contributed by atoms with Gasteiger partial charge in [0, 0.05) is 12.8 Å². The fourth-order valence-corrected chi connectivity index (χ4v) is 7.82. The molecule has 1 rings (SSSR count). The molecule has 0 spiro atoms. The summed E-state index contributed by atoms with van der Waals surface area (Å²) in [5.74, 6) is -0.903. The monoisotopic (exact) mass is 882 g/mol. The second-order valence-corrected chi connectivity index (χ2v) is 19.6. The summed E-state index contributed by atoms with van der Waals surface area (Å²) in [6, 6.07) is 0. The highest BCUT2D eigenvalue weighted by Crippen LogP contribution is 2.38. The van der Waals surface area contributed by atoms with Crippen LogP contribution in [0.2, 0.25) is 0 Å². The minimum Gasteiger partial charge on any atom is -0.756 e. The van der Waals surface area contributed by atoms with Crippen LogP contribution in [0.4, 0.5) is 0 Å². The number of ether oxygens (including phenoxy) is 3. The third-order valence-electron chi connectivity index (χ3n) is 11.1. The minimum absolute atomic E-state index is 0.0443. The summed E-state index contributed by atoms with van der Waals surface area (Å²) in [6.07, 6.45) is 46.2. The van der Waals surface area contributed by atoms with Crippen molar-refractivity contribution >= 4 is 19.8 Å². The summed E-state index contributed by atoms with van der Waals surface area (Å²) in [7, 11) is 1.12. The number of hydrogen-bond acceptors (Lipinski definition) is 9. The number of hydrogen-bond donors (Lipinski definition) is 0. The van der Waals surface area contributed by atoms with Gasteiger partial charge >= 0.3 is 11.9 Å². The largest absolute Gasteiger partial charge is 0.756 e. The first kappa shape index (κ1) is 57.2. The molecule has 61 heavy (non-hydrogen) atoms. The normalized spacial score (nSPS) is 17.1. The molecule has 0 aromatic rings. The predicted octanol–water partition coefficient (Wildman–Crippen LogP) is 12.8. The van der Waals surface area contributed by atoms with Crippen molar-refractivity contribution in [1.29, 1.82) is 0 Å². The molecule has 4 atom stereocenters. The Balaban J connectivity index is 2.27. The average Bonchev–Trinajstić information content (AvgIpc) is 3.97. The Hall–Kier alpha value is -1.81. The summed E-state index contributed by atoms with van der Waals surface area (Å²) < 4.78 is 39.8. The van der Waals surface area contributed by atoms with Crippen LogP contribution in [0.15, 0.2) is 36.5 Å². The zero-order valence-electron chi connectivity index (χ0n) is 39.8. The van der Waals surface area contributed by atoms with E-state index in [1.54, 1.807) is 0 Å². The Morgan fingerprint density at radius 3 is 1.66 bits per heavy atom. The van der Waals surface area contributed by atoms with Crippen molar-refractivity contribution in [3.63, 3.8) is 0 Å². The quantitative estimate of drug-likeness (QED) is 0.0147. The molecule has 0 aromatic carbocycles. The first-order chi connectivity index (χ1) is 29.5. The van der Waals surface area contributed by atoms with Gasteiger partial charge in [0.15, 0.2) is 6.10 Å². The molecule has 3 unspecified atom stereocenters. The van der Waals surface area contributed by atoms with Crippen molar-refractivity contribution in [3.05, 3.63) is 36.5 Å². The van der Waals surface area contributed by atoms with Crippen LogP contribution >= 0.6 is 7.82 Å². The molecule has 1 aliphatic heterocycles. The number of unbranched alkanes of at least 4 members (excludes halogenated alkanes) is 21. The fraction of sp³-hybridized carbons (Fsp3) is 0.840. The van der Waals surface area contributed by atoms with Crippen LogP contribution in [0, 0.1) is 0 Å². The lowest BCUT2D eigenvalue weighted by Crippen LogP contribution is -2.37. The summed E-state index contributed by atoms with van der Waals surface area (Å²) in [5, 5.41) is 0. The molecule has 0 aromatic heterocycles. The summed E-state index contributed by atoms with van der Waals surface area (Å²) in [6.45, 7) is 4.14. The number of nitrogens with zero attached hydrogens (tertiary/aromatic N) is 1. The van der Waals surface area contributed by atoms with Crippen molar-refractivity contribution in [2.24, 2.45) is 0 Å². The Labute approximate surface area is 374 Å². The molecule has 0 N–H and O–H groups in total. The maximum absolute atomic E-state index is 12.8. The maximum Gasteiger partial charge on any atom is 0.306 e. The lowest BCUT2D eigenvalue weighted by molar-refractivity contribution is -0.870. The number of epoxide rings is 1. The molecule has 1 aliphatic rings. The number of esters is 2. The molecule has 1 saturated heterocycles. The van der Waals surface area contributed by atoms with Gasteiger partial charge in [0.05, 0.1) is 40.0 Å². The van der Waals surface area contributed by atoms with Crippen molar-refractivity contribution in [3.8, 4) is 0 Å². The molecule has 11 heteroatoms. The Bertz CT molecular complexity index is 1200. The molecule has 1 fully saturated rings. The number of phosphoric acid groups is 1. The van der Waals surface area contributed by atoms with E-state index < -0.39 is 32.5 Å². The smallest absolute Gasteiger partial charge is 0.306 e. The molecule has 356 valence electrons. The molecule has 10 nitrogen and oxygen atoms in total. The van der Waals surface area contributed by atoms with Crippen LogP contribution in [0.25, 0.3) is 0 Å². The van der Waals surface area contributed by atoms with Crippen molar-refractivity contribution < 1.29 is 46.8 Å². The van der Waals surface area contributed by atoms with Gasteiger partial charge in [0.1, 0.15) is 19.8 Å². The fourth-order valence-electron chi connectivity index (χ4n) is 7.10. The molecular weight excluding hydrogens is 790 g/mol. The highest BCUT2D eigenvalue weighted by molar-refractivity contribution is 7.45. The Morgan fingerprint density at radius 2 is 1.10 bits per heavy atom. The van der Waals surface area contributed by atoms with Crippen LogP contribution in [0.5, 0.6) is 0 Å². The summed E-state index contributed by atoms with van der Waals surface area (Å²) in [5.41, 5.74) is 0. The highest BCUT2D eigenvalue weighted by atomic mass is 31.2. The van der Waals surface area contributed by atoms with E-state index in [-0.39, 0.29) is 38.3 Å². The van der Waals surface area contributed by atoms with E-state index in [1.165, 1.54) is 122 Å². The first-order valence-electron chi connectivity index (χ1n) is 24.8. The number of carbonyl (C=O) groups excluding carboxylic acids is 2. The van der Waals surface area contributed by atoms with Gasteiger partial charge in [-0.05, 0) is 51.4 Å².